The van der Waals surface area contributed by atoms with Gasteiger partial charge < -0.3 is 10.2 Å². The number of aromatic nitrogens is 1. The molecule has 1 aromatic rings. The van der Waals surface area contributed by atoms with Crippen LogP contribution in [0.1, 0.15) is 71.6 Å². The molecule has 6 heteroatoms. The minimum absolute atomic E-state index is 0.0366. The van der Waals surface area contributed by atoms with E-state index in [-0.39, 0.29) is 30.3 Å². The van der Waals surface area contributed by atoms with Gasteiger partial charge >= 0.3 is 0 Å². The van der Waals surface area contributed by atoms with E-state index in [9.17, 15) is 9.59 Å². The minimum atomic E-state index is -0.140. The van der Waals surface area contributed by atoms with Crippen molar-refractivity contribution in [2.75, 3.05) is 11.9 Å². The molecule has 0 aromatic carbocycles. The van der Waals surface area contributed by atoms with Gasteiger partial charge in [0, 0.05) is 23.5 Å². The average Bonchev–Trinajstić information content (AvgIpc) is 3.13. The highest BCUT2D eigenvalue weighted by atomic mass is 32.1. The van der Waals surface area contributed by atoms with Crippen molar-refractivity contribution in [1.29, 1.82) is 0 Å². The topological polar surface area (TPSA) is 62.3 Å². The van der Waals surface area contributed by atoms with E-state index in [4.69, 9.17) is 0 Å². The lowest BCUT2D eigenvalue weighted by Crippen LogP contribution is -2.48. The Balaban J connectivity index is 2.05. The van der Waals surface area contributed by atoms with Crippen molar-refractivity contribution >= 4 is 28.3 Å². The quantitative estimate of drug-likeness (QED) is 0.703. The number of rotatable bonds is 9. The van der Waals surface area contributed by atoms with Crippen molar-refractivity contribution in [1.82, 2.24) is 9.88 Å². The Labute approximate surface area is 155 Å². The predicted octanol–water partition coefficient (Wildman–Crippen LogP) is 4.46. The first kappa shape index (κ1) is 19.9. The molecule has 0 bridgehead atoms. The second-order valence-electron chi connectivity index (χ2n) is 6.89. The van der Waals surface area contributed by atoms with E-state index in [0.29, 0.717) is 5.13 Å². The van der Waals surface area contributed by atoms with Crippen LogP contribution < -0.4 is 5.32 Å². The Morgan fingerprint density at radius 2 is 2.08 bits per heavy atom. The molecule has 1 aliphatic carbocycles. The summed E-state index contributed by atoms with van der Waals surface area (Å²) < 4.78 is 0. The zero-order chi connectivity index (χ0) is 18.1. The second kappa shape index (κ2) is 10.5. The summed E-state index contributed by atoms with van der Waals surface area (Å²) in [5, 5.41) is 5.25. The van der Waals surface area contributed by atoms with Crippen LogP contribution in [0, 0.1) is 5.92 Å². The van der Waals surface area contributed by atoms with Gasteiger partial charge in [-0.1, -0.05) is 46.0 Å². The number of hydrogen-bond donors (Lipinski definition) is 1. The van der Waals surface area contributed by atoms with E-state index in [1.54, 1.807) is 6.20 Å². The van der Waals surface area contributed by atoms with Gasteiger partial charge in [0.2, 0.25) is 11.8 Å². The minimum Gasteiger partial charge on any atom is -0.330 e. The summed E-state index contributed by atoms with van der Waals surface area (Å²) in [5.74, 6) is 0.0610. The largest absolute Gasteiger partial charge is 0.330 e. The standard InChI is InChI=1S/C19H31N3O2S/c1-3-5-9-15(4-2)18(24)22(16-10-7-6-8-11-16)14-17(23)21-19-20-12-13-25-19/h12-13,15-16H,3-11,14H2,1-2H3,(H,20,21,23). The highest BCUT2D eigenvalue weighted by Gasteiger charge is 2.31. The van der Waals surface area contributed by atoms with Crippen molar-refractivity contribution in [2.45, 2.75) is 77.7 Å². The Morgan fingerprint density at radius 3 is 2.68 bits per heavy atom. The molecule has 25 heavy (non-hydrogen) atoms. The van der Waals surface area contributed by atoms with Crippen LogP contribution in [0.15, 0.2) is 11.6 Å². The molecule has 1 aliphatic rings. The fourth-order valence-corrected chi connectivity index (χ4v) is 4.11. The number of hydrogen-bond acceptors (Lipinski definition) is 4. The van der Waals surface area contributed by atoms with Gasteiger partial charge in [0.05, 0.1) is 0 Å². The van der Waals surface area contributed by atoms with Crippen LogP contribution in [0.25, 0.3) is 0 Å². The summed E-state index contributed by atoms with van der Waals surface area (Å²) in [4.78, 5) is 31.6. The highest BCUT2D eigenvalue weighted by molar-refractivity contribution is 7.13. The van der Waals surface area contributed by atoms with Crippen LogP contribution in [-0.2, 0) is 9.59 Å². The van der Waals surface area contributed by atoms with Crippen molar-refractivity contribution in [3.05, 3.63) is 11.6 Å². The van der Waals surface area contributed by atoms with E-state index in [0.717, 1.165) is 51.4 Å². The Bertz CT molecular complexity index is 527. The normalized spacial score (nSPS) is 16.4. The Kier molecular flexibility index (Phi) is 8.38. The summed E-state index contributed by atoms with van der Waals surface area (Å²) >= 11 is 1.40. The molecule has 140 valence electrons. The summed E-state index contributed by atoms with van der Waals surface area (Å²) in [5.41, 5.74) is 0. The number of unbranched alkanes of at least 4 members (excludes halogenated alkanes) is 1. The molecule has 5 nitrogen and oxygen atoms in total. The molecular formula is C19H31N3O2S. The maximum Gasteiger partial charge on any atom is 0.245 e. The Hall–Kier alpha value is -1.43. The van der Waals surface area contributed by atoms with Crippen LogP contribution in [0.2, 0.25) is 0 Å². The van der Waals surface area contributed by atoms with Crippen LogP contribution in [-0.4, -0.2) is 34.3 Å². The van der Waals surface area contributed by atoms with Crippen molar-refractivity contribution < 1.29 is 9.59 Å². The van der Waals surface area contributed by atoms with Crippen molar-refractivity contribution in [3.8, 4) is 0 Å². The van der Waals surface area contributed by atoms with Crippen LogP contribution in [0.4, 0.5) is 5.13 Å². The van der Waals surface area contributed by atoms with Gasteiger partial charge in [-0.3, -0.25) is 9.59 Å². The molecule has 1 atom stereocenters. The molecule has 1 fully saturated rings. The fourth-order valence-electron chi connectivity index (χ4n) is 3.57. The molecule has 2 amide bonds. The van der Waals surface area contributed by atoms with E-state index in [1.807, 2.05) is 10.3 Å². The molecule has 0 aliphatic heterocycles. The third-order valence-corrected chi connectivity index (χ3v) is 5.73. The highest BCUT2D eigenvalue weighted by Crippen LogP contribution is 2.26. The van der Waals surface area contributed by atoms with Gasteiger partial charge in [-0.15, -0.1) is 11.3 Å². The lowest BCUT2D eigenvalue weighted by molar-refractivity contribution is -0.142. The third-order valence-electron chi connectivity index (χ3n) is 5.04. The lowest BCUT2D eigenvalue weighted by Gasteiger charge is -2.36. The summed E-state index contributed by atoms with van der Waals surface area (Å²) in [6, 6.07) is 0.207. The predicted molar refractivity (Wildman–Crippen MR) is 103 cm³/mol. The van der Waals surface area contributed by atoms with Crippen molar-refractivity contribution in [3.63, 3.8) is 0 Å². The smallest absolute Gasteiger partial charge is 0.245 e. The second-order valence-corrected chi connectivity index (χ2v) is 7.79. The average molecular weight is 366 g/mol. The first-order valence-corrected chi connectivity index (χ1v) is 10.5. The number of carbonyl (C=O) groups excluding carboxylic acids is 2. The first-order chi connectivity index (χ1) is 12.2. The van der Waals surface area contributed by atoms with E-state index >= 15 is 0 Å². The molecule has 1 heterocycles. The first-order valence-electron chi connectivity index (χ1n) is 9.65. The van der Waals surface area contributed by atoms with Gasteiger partial charge in [0.15, 0.2) is 5.13 Å². The van der Waals surface area contributed by atoms with Crippen LogP contribution in [0.5, 0.6) is 0 Å². The van der Waals surface area contributed by atoms with E-state index in [1.165, 1.54) is 17.8 Å². The summed E-state index contributed by atoms with van der Waals surface area (Å²) in [6.07, 6.45) is 11.1. The molecule has 1 saturated carbocycles. The van der Waals surface area contributed by atoms with Crippen molar-refractivity contribution in [2.24, 2.45) is 5.92 Å². The lowest BCUT2D eigenvalue weighted by atomic mass is 9.91. The SMILES string of the molecule is CCCCC(CC)C(=O)N(CC(=O)Nc1nccs1)C1CCCCC1. The van der Waals surface area contributed by atoms with Gasteiger partial charge in [-0.25, -0.2) is 4.98 Å². The van der Waals surface area contributed by atoms with Gasteiger partial charge in [-0.2, -0.15) is 0 Å². The molecule has 0 spiro atoms. The number of amides is 2. The number of nitrogens with zero attached hydrogens (tertiary/aromatic N) is 2. The molecule has 0 radical (unpaired) electrons. The summed E-state index contributed by atoms with van der Waals surface area (Å²) in [7, 11) is 0. The molecule has 1 N–H and O–H groups in total. The third kappa shape index (κ3) is 6.10. The monoisotopic (exact) mass is 365 g/mol. The molecular weight excluding hydrogens is 334 g/mol. The molecule has 0 saturated heterocycles. The Morgan fingerprint density at radius 1 is 1.32 bits per heavy atom. The molecule has 1 aromatic heterocycles. The number of carbonyl (C=O) groups is 2. The van der Waals surface area contributed by atoms with Gasteiger partial charge in [0.25, 0.3) is 0 Å². The molecule has 1 unspecified atom stereocenters. The van der Waals surface area contributed by atoms with Crippen LogP contribution in [0.3, 0.4) is 0 Å². The fraction of sp³-hybridized carbons (Fsp3) is 0.737. The maximum atomic E-state index is 13.2. The number of anilines is 1. The zero-order valence-electron chi connectivity index (χ0n) is 15.5. The summed E-state index contributed by atoms with van der Waals surface area (Å²) in [6.45, 7) is 4.37. The van der Waals surface area contributed by atoms with Gasteiger partial charge in [0.1, 0.15) is 6.54 Å². The number of nitrogens with one attached hydrogen (secondary N) is 1. The van der Waals surface area contributed by atoms with Crippen LogP contribution >= 0.6 is 11.3 Å². The maximum absolute atomic E-state index is 13.2. The van der Waals surface area contributed by atoms with E-state index in [2.05, 4.69) is 24.1 Å². The number of thiazole rings is 1. The molecule has 2 rings (SSSR count). The zero-order valence-corrected chi connectivity index (χ0v) is 16.3. The van der Waals surface area contributed by atoms with Gasteiger partial charge in [-0.05, 0) is 25.7 Å². The van der Waals surface area contributed by atoms with E-state index < -0.39 is 0 Å².